The fourth-order valence-electron chi connectivity index (χ4n) is 2.26. The molecule has 1 heterocycles. The van der Waals surface area contributed by atoms with Crippen LogP contribution in [-0.2, 0) is 0 Å². The molecule has 0 spiro atoms. The van der Waals surface area contributed by atoms with Crippen LogP contribution in [-0.4, -0.2) is 20.2 Å². The summed E-state index contributed by atoms with van der Waals surface area (Å²) in [5, 5.41) is 3.29. The first kappa shape index (κ1) is 10.4. The molecule has 0 saturated carbocycles. The lowest BCUT2D eigenvalue weighted by atomic mass is 9.93. The summed E-state index contributed by atoms with van der Waals surface area (Å²) in [6, 6.07) is 3.19. The normalized spacial score (nSPS) is 20.6. The summed E-state index contributed by atoms with van der Waals surface area (Å²) in [7, 11) is 1.64. The first-order valence-electron chi connectivity index (χ1n) is 5.27. The van der Waals surface area contributed by atoms with Gasteiger partial charge in [-0.3, -0.25) is 0 Å². The van der Waals surface area contributed by atoms with Gasteiger partial charge in [-0.2, -0.15) is 0 Å². The third-order valence-corrected chi connectivity index (χ3v) is 3.10. The van der Waals surface area contributed by atoms with Gasteiger partial charge >= 0.3 is 0 Å². The molecule has 3 heteroatoms. The number of hydrogen-bond acceptors (Lipinski definition) is 2. The van der Waals surface area contributed by atoms with Gasteiger partial charge in [0.25, 0.3) is 0 Å². The maximum absolute atomic E-state index is 13.5. The summed E-state index contributed by atoms with van der Waals surface area (Å²) in [6.45, 7) is 3.75. The third kappa shape index (κ3) is 1.84. The molecule has 2 rings (SSSR count). The zero-order chi connectivity index (χ0) is 10.8. The topological polar surface area (TPSA) is 21.3 Å². The van der Waals surface area contributed by atoms with Crippen LogP contribution in [0.3, 0.4) is 0 Å². The minimum atomic E-state index is -0.141. The molecule has 0 amide bonds. The molecule has 0 bridgehead atoms. The van der Waals surface area contributed by atoms with Gasteiger partial charge in [0.05, 0.1) is 7.11 Å². The van der Waals surface area contributed by atoms with Gasteiger partial charge in [0.2, 0.25) is 0 Å². The summed E-state index contributed by atoms with van der Waals surface area (Å²) in [5.74, 6) is 1.05. The highest BCUT2D eigenvalue weighted by Crippen LogP contribution is 2.34. The van der Waals surface area contributed by atoms with Crippen LogP contribution in [0, 0.1) is 12.7 Å². The van der Waals surface area contributed by atoms with Crippen molar-refractivity contribution in [3.05, 3.63) is 29.1 Å². The number of nitrogens with one attached hydrogen (secondary N) is 1. The SMILES string of the molecule is COc1ccc(F)c(C)c1C1CCNC1. The van der Waals surface area contributed by atoms with Crippen LogP contribution in [0.25, 0.3) is 0 Å². The highest BCUT2D eigenvalue weighted by atomic mass is 19.1. The maximum atomic E-state index is 13.5. The Morgan fingerprint density at radius 3 is 2.87 bits per heavy atom. The molecular formula is C12H16FNO. The summed E-state index contributed by atoms with van der Waals surface area (Å²) < 4.78 is 18.8. The molecule has 1 fully saturated rings. The summed E-state index contributed by atoms with van der Waals surface area (Å²) in [6.07, 6.45) is 1.06. The number of hydrogen-bond donors (Lipinski definition) is 1. The number of benzene rings is 1. The van der Waals surface area contributed by atoms with Gasteiger partial charge in [0.1, 0.15) is 11.6 Å². The van der Waals surface area contributed by atoms with E-state index in [-0.39, 0.29) is 5.82 Å². The van der Waals surface area contributed by atoms with Crippen molar-refractivity contribution in [2.75, 3.05) is 20.2 Å². The van der Waals surface area contributed by atoms with E-state index in [1.165, 1.54) is 6.07 Å². The average Bonchev–Trinajstić information content (AvgIpc) is 2.75. The standard InChI is InChI=1S/C12H16FNO/c1-8-10(13)3-4-11(15-2)12(8)9-5-6-14-7-9/h3-4,9,14H,5-7H2,1-2H3. The van der Waals surface area contributed by atoms with Crippen molar-refractivity contribution < 1.29 is 9.13 Å². The quantitative estimate of drug-likeness (QED) is 0.806. The van der Waals surface area contributed by atoms with Crippen LogP contribution in [0.5, 0.6) is 5.75 Å². The number of ether oxygens (including phenoxy) is 1. The molecule has 0 radical (unpaired) electrons. The molecule has 1 aromatic carbocycles. The Hall–Kier alpha value is -1.09. The fraction of sp³-hybridized carbons (Fsp3) is 0.500. The van der Waals surface area contributed by atoms with Gasteiger partial charge in [-0.1, -0.05) is 0 Å². The largest absolute Gasteiger partial charge is 0.496 e. The Morgan fingerprint density at radius 2 is 2.27 bits per heavy atom. The molecule has 2 nitrogen and oxygen atoms in total. The van der Waals surface area contributed by atoms with Crippen molar-refractivity contribution in [3.8, 4) is 5.75 Å². The zero-order valence-electron chi connectivity index (χ0n) is 9.14. The van der Waals surface area contributed by atoms with E-state index < -0.39 is 0 Å². The molecule has 15 heavy (non-hydrogen) atoms. The van der Waals surface area contributed by atoms with E-state index in [1.807, 2.05) is 6.92 Å². The first-order valence-corrected chi connectivity index (χ1v) is 5.27. The second-order valence-corrected chi connectivity index (χ2v) is 3.98. The van der Waals surface area contributed by atoms with Gasteiger partial charge in [0.15, 0.2) is 0 Å². The second-order valence-electron chi connectivity index (χ2n) is 3.98. The minimum Gasteiger partial charge on any atom is -0.496 e. The van der Waals surface area contributed by atoms with Gasteiger partial charge in [-0.15, -0.1) is 0 Å². The van der Waals surface area contributed by atoms with Crippen LogP contribution < -0.4 is 10.1 Å². The van der Waals surface area contributed by atoms with Crippen LogP contribution in [0.1, 0.15) is 23.5 Å². The Morgan fingerprint density at radius 1 is 1.47 bits per heavy atom. The molecule has 82 valence electrons. The van der Waals surface area contributed by atoms with Crippen molar-refractivity contribution in [2.24, 2.45) is 0 Å². The Balaban J connectivity index is 2.45. The van der Waals surface area contributed by atoms with E-state index in [2.05, 4.69) is 5.32 Å². The van der Waals surface area contributed by atoms with E-state index in [9.17, 15) is 4.39 Å². The molecule has 1 aliphatic rings. The first-order chi connectivity index (χ1) is 7.24. The van der Waals surface area contributed by atoms with Crippen LogP contribution in [0.2, 0.25) is 0 Å². The van der Waals surface area contributed by atoms with Gasteiger partial charge in [-0.25, -0.2) is 4.39 Å². The predicted octanol–water partition coefficient (Wildman–Crippen LogP) is 2.22. The van der Waals surface area contributed by atoms with Gasteiger partial charge < -0.3 is 10.1 Å². The van der Waals surface area contributed by atoms with Crippen molar-refractivity contribution in [1.82, 2.24) is 5.32 Å². The van der Waals surface area contributed by atoms with Gasteiger partial charge in [-0.05, 0) is 37.6 Å². The summed E-state index contributed by atoms with van der Waals surface area (Å²) in [5.41, 5.74) is 1.76. The maximum Gasteiger partial charge on any atom is 0.126 e. The number of methoxy groups -OCH3 is 1. The molecule has 1 unspecified atom stereocenters. The fourth-order valence-corrected chi connectivity index (χ4v) is 2.26. The molecule has 1 aliphatic heterocycles. The van der Waals surface area contributed by atoms with E-state index in [4.69, 9.17) is 4.74 Å². The Bertz CT molecular complexity index is 359. The lowest BCUT2D eigenvalue weighted by molar-refractivity contribution is 0.404. The second kappa shape index (κ2) is 4.19. The lowest BCUT2D eigenvalue weighted by Crippen LogP contribution is -2.10. The molecule has 1 N–H and O–H groups in total. The van der Waals surface area contributed by atoms with Crippen LogP contribution in [0.4, 0.5) is 4.39 Å². The van der Waals surface area contributed by atoms with Crippen molar-refractivity contribution in [3.63, 3.8) is 0 Å². The minimum absolute atomic E-state index is 0.141. The smallest absolute Gasteiger partial charge is 0.126 e. The Labute approximate surface area is 89.4 Å². The highest BCUT2D eigenvalue weighted by molar-refractivity contribution is 5.43. The Kier molecular flexibility index (Phi) is 2.91. The number of rotatable bonds is 2. The zero-order valence-corrected chi connectivity index (χ0v) is 9.14. The highest BCUT2D eigenvalue weighted by Gasteiger charge is 2.23. The molecule has 1 atom stereocenters. The number of halogens is 1. The van der Waals surface area contributed by atoms with Crippen molar-refractivity contribution in [1.29, 1.82) is 0 Å². The molecule has 1 saturated heterocycles. The monoisotopic (exact) mass is 209 g/mol. The van der Waals surface area contributed by atoms with E-state index >= 15 is 0 Å². The molecule has 1 aromatic rings. The molecule has 0 aliphatic carbocycles. The van der Waals surface area contributed by atoms with Crippen molar-refractivity contribution in [2.45, 2.75) is 19.3 Å². The van der Waals surface area contributed by atoms with E-state index in [0.717, 1.165) is 36.4 Å². The molecule has 0 aromatic heterocycles. The average molecular weight is 209 g/mol. The summed E-state index contributed by atoms with van der Waals surface area (Å²) >= 11 is 0. The van der Waals surface area contributed by atoms with Crippen molar-refractivity contribution >= 4 is 0 Å². The van der Waals surface area contributed by atoms with Crippen LogP contribution >= 0.6 is 0 Å². The summed E-state index contributed by atoms with van der Waals surface area (Å²) in [4.78, 5) is 0. The predicted molar refractivity (Wildman–Crippen MR) is 57.9 cm³/mol. The third-order valence-electron chi connectivity index (χ3n) is 3.10. The molecular weight excluding hydrogens is 193 g/mol. The van der Waals surface area contributed by atoms with Crippen LogP contribution in [0.15, 0.2) is 12.1 Å². The van der Waals surface area contributed by atoms with E-state index in [1.54, 1.807) is 13.2 Å². The lowest BCUT2D eigenvalue weighted by Gasteiger charge is -2.17. The van der Waals surface area contributed by atoms with E-state index in [0.29, 0.717) is 5.92 Å². The van der Waals surface area contributed by atoms with Gasteiger partial charge in [0, 0.05) is 18.0 Å².